The first-order chi connectivity index (χ1) is 4.68. The molecule has 1 heterocycles. The lowest BCUT2D eigenvalue weighted by atomic mass is 10.1. The molecule has 0 radical (unpaired) electrons. The molecule has 2 atom stereocenters. The largest absolute Gasteiger partial charge is 0.481 e. The number of nitrogens with one attached hydrogen (secondary N) is 1. The first kappa shape index (κ1) is 7.54. The van der Waals surface area contributed by atoms with Crippen LogP contribution in [0.3, 0.4) is 0 Å². The summed E-state index contributed by atoms with van der Waals surface area (Å²) in [6, 6.07) is 0.719. The van der Waals surface area contributed by atoms with Crippen LogP contribution in [0.2, 0.25) is 0 Å². The van der Waals surface area contributed by atoms with Gasteiger partial charge in [0.2, 0.25) is 0 Å². The molecule has 58 valence electrons. The number of aliphatic carboxylic acids is 1. The Labute approximate surface area is 60.4 Å². The Hall–Kier alpha value is -0.570. The van der Waals surface area contributed by atoms with Gasteiger partial charge in [-0.3, -0.25) is 4.79 Å². The summed E-state index contributed by atoms with van der Waals surface area (Å²) in [7, 11) is 0. The Morgan fingerprint density at radius 1 is 1.70 bits per heavy atom. The van der Waals surface area contributed by atoms with E-state index < -0.39 is 5.97 Å². The Kier molecular flexibility index (Phi) is 2.27. The molecular weight excluding hydrogens is 130 g/mol. The van der Waals surface area contributed by atoms with Crippen LogP contribution in [0.4, 0.5) is 0 Å². The van der Waals surface area contributed by atoms with Crippen LogP contribution in [-0.4, -0.2) is 23.2 Å². The van der Waals surface area contributed by atoms with Crippen LogP contribution in [0.5, 0.6) is 0 Å². The van der Waals surface area contributed by atoms with Crippen LogP contribution in [-0.2, 0) is 4.79 Å². The van der Waals surface area contributed by atoms with E-state index in [4.69, 9.17) is 5.11 Å². The standard InChI is InChI=1S/C7H13NO2/c1-5-2-3-6(8-5)4-7(9)10/h5-6,8H,2-4H2,1H3,(H,9,10). The van der Waals surface area contributed by atoms with Crippen molar-refractivity contribution in [3.8, 4) is 0 Å². The van der Waals surface area contributed by atoms with Gasteiger partial charge in [0.15, 0.2) is 0 Å². The quantitative estimate of drug-likeness (QED) is 0.595. The summed E-state index contributed by atoms with van der Waals surface area (Å²) in [5.74, 6) is -0.702. The number of rotatable bonds is 2. The van der Waals surface area contributed by atoms with E-state index in [1.54, 1.807) is 0 Å². The third-order valence-corrected chi connectivity index (χ3v) is 1.89. The number of carboxylic acids is 1. The lowest BCUT2D eigenvalue weighted by molar-refractivity contribution is -0.137. The van der Waals surface area contributed by atoms with Crippen molar-refractivity contribution in [3.63, 3.8) is 0 Å². The first-order valence-corrected chi connectivity index (χ1v) is 3.66. The molecule has 0 bridgehead atoms. The van der Waals surface area contributed by atoms with E-state index in [1.165, 1.54) is 0 Å². The van der Waals surface area contributed by atoms with Gasteiger partial charge < -0.3 is 10.4 Å². The highest BCUT2D eigenvalue weighted by molar-refractivity contribution is 5.67. The first-order valence-electron chi connectivity index (χ1n) is 3.66. The van der Waals surface area contributed by atoms with Crippen LogP contribution in [0.25, 0.3) is 0 Å². The monoisotopic (exact) mass is 143 g/mol. The van der Waals surface area contributed by atoms with Gasteiger partial charge in [-0.05, 0) is 19.8 Å². The van der Waals surface area contributed by atoms with Crippen LogP contribution in [0.15, 0.2) is 0 Å². The molecule has 1 fully saturated rings. The molecule has 0 amide bonds. The van der Waals surface area contributed by atoms with Gasteiger partial charge in [0.25, 0.3) is 0 Å². The van der Waals surface area contributed by atoms with Crippen molar-refractivity contribution >= 4 is 5.97 Å². The van der Waals surface area contributed by atoms with E-state index >= 15 is 0 Å². The van der Waals surface area contributed by atoms with Crippen molar-refractivity contribution in [1.82, 2.24) is 5.32 Å². The smallest absolute Gasteiger partial charge is 0.304 e. The molecule has 3 nitrogen and oxygen atoms in total. The number of carboxylic acid groups (broad SMARTS) is 1. The summed E-state index contributed by atoms with van der Waals surface area (Å²) >= 11 is 0. The normalized spacial score (nSPS) is 32.5. The van der Waals surface area contributed by atoms with Gasteiger partial charge in [0.05, 0.1) is 6.42 Å². The van der Waals surface area contributed by atoms with Gasteiger partial charge >= 0.3 is 5.97 Å². The second-order valence-electron chi connectivity index (χ2n) is 2.94. The van der Waals surface area contributed by atoms with Crippen molar-refractivity contribution in [2.45, 2.75) is 38.3 Å². The summed E-state index contributed by atoms with van der Waals surface area (Å²) in [6.07, 6.45) is 2.38. The SMILES string of the molecule is CC1CCC(CC(=O)O)N1. The number of hydrogen-bond donors (Lipinski definition) is 2. The van der Waals surface area contributed by atoms with E-state index in [0.717, 1.165) is 12.8 Å². The van der Waals surface area contributed by atoms with Gasteiger partial charge in [-0.1, -0.05) is 0 Å². The minimum Gasteiger partial charge on any atom is -0.481 e. The Balaban J connectivity index is 2.24. The molecule has 2 unspecified atom stereocenters. The van der Waals surface area contributed by atoms with Crippen molar-refractivity contribution in [3.05, 3.63) is 0 Å². The molecule has 0 saturated carbocycles. The van der Waals surface area contributed by atoms with Crippen LogP contribution < -0.4 is 5.32 Å². The molecule has 0 aromatic heterocycles. The Morgan fingerprint density at radius 3 is 2.80 bits per heavy atom. The average molecular weight is 143 g/mol. The summed E-state index contributed by atoms with van der Waals surface area (Å²) in [6.45, 7) is 2.09. The molecule has 1 aliphatic rings. The molecule has 1 aliphatic heterocycles. The summed E-state index contributed by atoms with van der Waals surface area (Å²) in [4.78, 5) is 10.2. The fraction of sp³-hybridized carbons (Fsp3) is 0.857. The van der Waals surface area contributed by atoms with Crippen LogP contribution in [0, 0.1) is 0 Å². The zero-order valence-corrected chi connectivity index (χ0v) is 6.13. The maximum absolute atomic E-state index is 10.2. The molecule has 2 N–H and O–H groups in total. The van der Waals surface area contributed by atoms with Gasteiger partial charge in [0.1, 0.15) is 0 Å². The third kappa shape index (κ3) is 1.99. The van der Waals surface area contributed by atoms with Gasteiger partial charge in [-0.2, -0.15) is 0 Å². The van der Waals surface area contributed by atoms with E-state index in [2.05, 4.69) is 12.2 Å². The van der Waals surface area contributed by atoms with E-state index in [-0.39, 0.29) is 12.5 Å². The minimum atomic E-state index is -0.702. The molecule has 0 aromatic carbocycles. The molecule has 3 heteroatoms. The van der Waals surface area contributed by atoms with E-state index in [0.29, 0.717) is 6.04 Å². The summed E-state index contributed by atoms with van der Waals surface area (Å²) in [5, 5.41) is 11.6. The highest BCUT2D eigenvalue weighted by Crippen LogP contribution is 2.13. The van der Waals surface area contributed by atoms with Crippen molar-refractivity contribution < 1.29 is 9.90 Å². The van der Waals surface area contributed by atoms with Crippen molar-refractivity contribution in [2.24, 2.45) is 0 Å². The zero-order chi connectivity index (χ0) is 7.56. The average Bonchev–Trinajstić information content (AvgIpc) is 2.13. The molecule has 1 saturated heterocycles. The second-order valence-corrected chi connectivity index (χ2v) is 2.94. The van der Waals surface area contributed by atoms with Crippen molar-refractivity contribution in [1.29, 1.82) is 0 Å². The van der Waals surface area contributed by atoms with Crippen molar-refractivity contribution in [2.75, 3.05) is 0 Å². The van der Waals surface area contributed by atoms with Crippen LogP contribution in [0.1, 0.15) is 26.2 Å². The second kappa shape index (κ2) is 3.01. The summed E-state index contributed by atoms with van der Waals surface area (Å²) in [5.41, 5.74) is 0. The molecule has 0 aliphatic carbocycles. The molecule has 0 aromatic rings. The molecule has 0 spiro atoms. The zero-order valence-electron chi connectivity index (χ0n) is 6.13. The molecule has 10 heavy (non-hydrogen) atoms. The summed E-state index contributed by atoms with van der Waals surface area (Å²) < 4.78 is 0. The Morgan fingerprint density at radius 2 is 2.40 bits per heavy atom. The minimum absolute atomic E-state index is 0.215. The third-order valence-electron chi connectivity index (χ3n) is 1.89. The lowest BCUT2D eigenvalue weighted by Gasteiger charge is -2.07. The topological polar surface area (TPSA) is 49.3 Å². The number of carbonyl (C=O) groups is 1. The van der Waals surface area contributed by atoms with Gasteiger partial charge in [0, 0.05) is 12.1 Å². The molecule has 1 rings (SSSR count). The van der Waals surface area contributed by atoms with E-state index in [1.807, 2.05) is 0 Å². The van der Waals surface area contributed by atoms with Gasteiger partial charge in [-0.25, -0.2) is 0 Å². The maximum Gasteiger partial charge on any atom is 0.304 e. The van der Waals surface area contributed by atoms with Gasteiger partial charge in [-0.15, -0.1) is 0 Å². The highest BCUT2D eigenvalue weighted by atomic mass is 16.4. The highest BCUT2D eigenvalue weighted by Gasteiger charge is 2.21. The number of hydrogen-bond acceptors (Lipinski definition) is 2. The Bertz CT molecular complexity index is 136. The van der Waals surface area contributed by atoms with E-state index in [9.17, 15) is 4.79 Å². The lowest BCUT2D eigenvalue weighted by Crippen LogP contribution is -2.29. The van der Waals surface area contributed by atoms with Crippen LogP contribution >= 0.6 is 0 Å². The fourth-order valence-electron chi connectivity index (χ4n) is 1.39. The maximum atomic E-state index is 10.2. The predicted molar refractivity (Wildman–Crippen MR) is 37.9 cm³/mol. The molecular formula is C7H13NO2. The predicted octanol–water partition coefficient (Wildman–Crippen LogP) is 0.602. The fourth-order valence-corrected chi connectivity index (χ4v) is 1.39.